The molecule has 8 heteroatoms. The molecule has 6 nitrogen and oxygen atoms in total. The zero-order valence-electron chi connectivity index (χ0n) is 17.4. The quantitative estimate of drug-likeness (QED) is 0.382. The molecule has 3 heterocycles. The molecule has 31 heavy (non-hydrogen) atoms. The Balaban J connectivity index is 1.47. The van der Waals surface area contributed by atoms with E-state index >= 15 is 0 Å². The number of Topliss-reactive ketones (excluding diaryl/α,β-unsaturated/α-hetero) is 1. The number of carbonyl (C=O) groups excluding carboxylic acids is 2. The van der Waals surface area contributed by atoms with E-state index in [4.69, 9.17) is 4.74 Å². The molecule has 1 saturated heterocycles. The molecule has 1 aliphatic rings. The van der Waals surface area contributed by atoms with Crippen LogP contribution in [0.3, 0.4) is 0 Å². The normalized spacial score (nSPS) is 15.8. The third-order valence-corrected chi connectivity index (χ3v) is 7.20. The maximum atomic E-state index is 12.7. The third kappa shape index (κ3) is 5.64. The average molecular weight is 456 g/mol. The van der Waals surface area contributed by atoms with Crippen molar-refractivity contribution >= 4 is 34.8 Å². The summed E-state index contributed by atoms with van der Waals surface area (Å²) in [6.45, 7) is 3.48. The summed E-state index contributed by atoms with van der Waals surface area (Å²) in [6.07, 6.45) is 4.19. The number of carbonyl (C=O) groups is 2. The molecule has 0 spiro atoms. The minimum absolute atomic E-state index is 0.0667. The van der Waals surface area contributed by atoms with Crippen molar-refractivity contribution in [3.63, 3.8) is 0 Å². The van der Waals surface area contributed by atoms with E-state index in [2.05, 4.69) is 27.0 Å². The number of ketones is 1. The van der Waals surface area contributed by atoms with Crippen LogP contribution in [-0.2, 0) is 22.6 Å². The first-order valence-electron chi connectivity index (χ1n) is 10.3. The number of ether oxygens (including phenoxy) is 1. The van der Waals surface area contributed by atoms with Gasteiger partial charge in [0.05, 0.1) is 41.7 Å². The van der Waals surface area contributed by atoms with Gasteiger partial charge in [-0.25, -0.2) is 4.98 Å². The number of aromatic nitrogens is 2. The fraction of sp³-hybridized carbons (Fsp3) is 0.348. The van der Waals surface area contributed by atoms with Crippen LogP contribution in [0.2, 0.25) is 0 Å². The largest absolute Gasteiger partial charge is 0.376 e. The number of nitrogens with zero attached hydrogens (tertiary/aromatic N) is 2. The van der Waals surface area contributed by atoms with Crippen LogP contribution in [0, 0.1) is 0 Å². The molecule has 4 rings (SSSR count). The van der Waals surface area contributed by atoms with Crippen LogP contribution in [0.15, 0.2) is 53.8 Å². The van der Waals surface area contributed by atoms with Gasteiger partial charge in [-0.15, -0.1) is 11.3 Å². The molecule has 3 aromatic rings. The molecule has 1 aromatic carbocycles. The SMILES string of the molecule is CC(=O)NCc1ccc(C(=O)CSc2ncc(-c3ccccc3)n2CC2CCCO2)s1. The average Bonchev–Trinajstić information content (AvgIpc) is 3.53. The van der Waals surface area contributed by atoms with Crippen molar-refractivity contribution in [2.24, 2.45) is 0 Å². The molecule has 1 aliphatic heterocycles. The molecule has 1 atom stereocenters. The maximum absolute atomic E-state index is 12.7. The molecule has 0 aliphatic carbocycles. The number of rotatable bonds is 9. The minimum atomic E-state index is -0.0795. The molecular formula is C23H25N3O3S2. The van der Waals surface area contributed by atoms with Crippen LogP contribution in [0.4, 0.5) is 0 Å². The number of hydrogen-bond donors (Lipinski definition) is 1. The Labute approximate surface area is 190 Å². The Hall–Kier alpha value is -2.42. The summed E-state index contributed by atoms with van der Waals surface area (Å²) in [6, 6.07) is 13.9. The Bertz CT molecular complexity index is 1040. The van der Waals surface area contributed by atoms with E-state index < -0.39 is 0 Å². The summed E-state index contributed by atoms with van der Waals surface area (Å²) in [4.78, 5) is 30.1. The second-order valence-electron chi connectivity index (χ2n) is 7.43. The molecule has 0 radical (unpaired) electrons. The molecule has 0 saturated carbocycles. The summed E-state index contributed by atoms with van der Waals surface area (Å²) < 4.78 is 8.04. The lowest BCUT2D eigenvalue weighted by Gasteiger charge is -2.16. The van der Waals surface area contributed by atoms with Crippen molar-refractivity contribution in [3.05, 3.63) is 58.4 Å². The number of thioether (sulfide) groups is 1. The highest BCUT2D eigenvalue weighted by molar-refractivity contribution is 7.99. The van der Waals surface area contributed by atoms with Gasteiger partial charge >= 0.3 is 0 Å². The van der Waals surface area contributed by atoms with Gasteiger partial charge < -0.3 is 14.6 Å². The lowest BCUT2D eigenvalue weighted by atomic mass is 10.1. The Kier molecular flexibility index (Phi) is 7.21. The van der Waals surface area contributed by atoms with E-state index in [1.807, 2.05) is 36.5 Å². The summed E-state index contributed by atoms with van der Waals surface area (Å²) in [7, 11) is 0. The van der Waals surface area contributed by atoms with E-state index in [1.54, 1.807) is 0 Å². The molecule has 162 valence electrons. The standard InChI is InChI=1S/C23H25N3O3S2/c1-16(27)24-12-19-9-10-22(31-19)21(28)15-30-23-25-13-20(17-6-3-2-4-7-17)26(23)14-18-8-5-11-29-18/h2-4,6-7,9-10,13,18H,5,8,11-12,14-15H2,1H3,(H,24,27). The van der Waals surface area contributed by atoms with E-state index in [0.717, 1.165) is 47.3 Å². The first-order chi connectivity index (χ1) is 15.1. The van der Waals surface area contributed by atoms with Gasteiger partial charge in [-0.1, -0.05) is 42.1 Å². The van der Waals surface area contributed by atoms with E-state index in [1.165, 1.54) is 30.0 Å². The number of nitrogens with one attached hydrogen (secondary N) is 1. The van der Waals surface area contributed by atoms with Crippen LogP contribution in [-0.4, -0.2) is 39.7 Å². The van der Waals surface area contributed by atoms with Crippen molar-refractivity contribution < 1.29 is 14.3 Å². The fourth-order valence-corrected chi connectivity index (χ4v) is 5.37. The molecule has 2 aromatic heterocycles. The highest BCUT2D eigenvalue weighted by Gasteiger charge is 2.21. The zero-order valence-corrected chi connectivity index (χ0v) is 19.0. The third-order valence-electron chi connectivity index (χ3n) is 5.08. The summed E-state index contributed by atoms with van der Waals surface area (Å²) in [5.74, 6) is 0.303. The maximum Gasteiger partial charge on any atom is 0.217 e. The second kappa shape index (κ2) is 10.3. The van der Waals surface area contributed by atoms with Gasteiger partial charge in [0.15, 0.2) is 10.9 Å². The predicted molar refractivity (Wildman–Crippen MR) is 124 cm³/mol. The predicted octanol–water partition coefficient (Wildman–Crippen LogP) is 4.40. The molecule has 1 fully saturated rings. The van der Waals surface area contributed by atoms with Gasteiger partial charge in [0.25, 0.3) is 0 Å². The highest BCUT2D eigenvalue weighted by Crippen LogP contribution is 2.29. The van der Waals surface area contributed by atoms with Gasteiger partial charge in [0.2, 0.25) is 5.91 Å². The van der Waals surface area contributed by atoms with Crippen LogP contribution >= 0.6 is 23.1 Å². The summed E-state index contributed by atoms with van der Waals surface area (Å²) >= 11 is 2.89. The number of amides is 1. The first kappa shape index (κ1) is 21.8. The molecule has 1 N–H and O–H groups in total. The Morgan fingerprint density at radius 2 is 2.10 bits per heavy atom. The first-order valence-corrected chi connectivity index (χ1v) is 12.1. The molecule has 1 unspecified atom stereocenters. The van der Waals surface area contributed by atoms with Gasteiger partial charge in [-0.3, -0.25) is 9.59 Å². The minimum Gasteiger partial charge on any atom is -0.376 e. The van der Waals surface area contributed by atoms with Crippen LogP contribution in [0.25, 0.3) is 11.3 Å². The van der Waals surface area contributed by atoms with Crippen LogP contribution < -0.4 is 5.32 Å². The van der Waals surface area contributed by atoms with E-state index in [-0.39, 0.29) is 17.8 Å². The van der Waals surface area contributed by atoms with Crippen molar-refractivity contribution in [2.75, 3.05) is 12.4 Å². The Morgan fingerprint density at radius 3 is 2.84 bits per heavy atom. The number of thiophene rings is 1. The summed E-state index contributed by atoms with van der Waals surface area (Å²) in [5, 5.41) is 3.59. The highest BCUT2D eigenvalue weighted by atomic mass is 32.2. The van der Waals surface area contributed by atoms with Gasteiger partial charge in [0, 0.05) is 18.4 Å². The number of hydrogen-bond acceptors (Lipinski definition) is 6. The van der Waals surface area contributed by atoms with Crippen molar-refractivity contribution in [1.82, 2.24) is 14.9 Å². The van der Waals surface area contributed by atoms with E-state index in [9.17, 15) is 9.59 Å². The van der Waals surface area contributed by atoms with Crippen molar-refractivity contribution in [3.8, 4) is 11.3 Å². The molecular weight excluding hydrogens is 430 g/mol. The summed E-state index contributed by atoms with van der Waals surface area (Å²) in [5.41, 5.74) is 2.15. The van der Waals surface area contributed by atoms with Crippen LogP contribution in [0.1, 0.15) is 34.3 Å². The fourth-order valence-electron chi connectivity index (χ4n) is 3.52. The lowest BCUT2D eigenvalue weighted by molar-refractivity contribution is -0.119. The Morgan fingerprint density at radius 1 is 1.26 bits per heavy atom. The second-order valence-corrected chi connectivity index (χ2v) is 9.54. The smallest absolute Gasteiger partial charge is 0.217 e. The van der Waals surface area contributed by atoms with Crippen molar-refractivity contribution in [1.29, 1.82) is 0 Å². The lowest BCUT2D eigenvalue weighted by Crippen LogP contribution is -2.18. The van der Waals surface area contributed by atoms with Crippen molar-refractivity contribution in [2.45, 2.75) is 44.1 Å². The van der Waals surface area contributed by atoms with Gasteiger partial charge in [-0.2, -0.15) is 0 Å². The van der Waals surface area contributed by atoms with Gasteiger partial charge in [-0.05, 0) is 30.5 Å². The number of benzene rings is 1. The zero-order chi connectivity index (χ0) is 21.6. The number of imidazole rings is 1. The van der Waals surface area contributed by atoms with E-state index in [0.29, 0.717) is 17.2 Å². The van der Waals surface area contributed by atoms with Gasteiger partial charge in [0.1, 0.15) is 0 Å². The monoisotopic (exact) mass is 455 g/mol. The topological polar surface area (TPSA) is 73.2 Å². The molecule has 1 amide bonds. The van der Waals surface area contributed by atoms with Crippen LogP contribution in [0.5, 0.6) is 0 Å². The molecule has 0 bridgehead atoms.